The molecule has 2 aliphatic rings. The topological polar surface area (TPSA) is 66.7 Å². The molecule has 0 N–H and O–H groups in total. The van der Waals surface area contributed by atoms with Crippen molar-refractivity contribution in [2.24, 2.45) is 5.92 Å². The average Bonchev–Trinajstić information content (AvgIpc) is 3.48. The minimum Gasteiger partial charge on any atom is -0.440 e. The maximum absolute atomic E-state index is 13.1. The summed E-state index contributed by atoms with van der Waals surface area (Å²) < 4.78 is 5.94. The van der Waals surface area contributed by atoms with Crippen LogP contribution in [0.15, 0.2) is 46.2 Å². The van der Waals surface area contributed by atoms with Crippen LogP contribution in [-0.4, -0.2) is 52.8 Å². The Morgan fingerprint density at radius 2 is 1.83 bits per heavy atom. The minimum atomic E-state index is -0.0939. The Bertz CT molecular complexity index is 1000. The molecule has 0 aliphatic carbocycles. The Labute approximate surface area is 179 Å². The van der Waals surface area contributed by atoms with Gasteiger partial charge in [-0.15, -0.1) is 11.3 Å². The van der Waals surface area contributed by atoms with Crippen LogP contribution in [0.25, 0.3) is 11.1 Å². The van der Waals surface area contributed by atoms with Crippen molar-refractivity contribution < 1.29 is 14.0 Å². The number of benzene rings is 1. The molecule has 7 heteroatoms. The van der Waals surface area contributed by atoms with Gasteiger partial charge in [-0.1, -0.05) is 18.2 Å². The molecule has 6 nitrogen and oxygen atoms in total. The maximum Gasteiger partial charge on any atom is 0.263 e. The van der Waals surface area contributed by atoms with Crippen molar-refractivity contribution in [3.8, 4) is 0 Å². The number of fused-ring (bicyclic) bond motifs is 1. The molecule has 0 spiro atoms. The van der Waals surface area contributed by atoms with Gasteiger partial charge in [0.1, 0.15) is 5.52 Å². The van der Waals surface area contributed by atoms with Crippen molar-refractivity contribution in [1.29, 1.82) is 0 Å². The summed E-state index contributed by atoms with van der Waals surface area (Å²) in [5.74, 6) is 1.19. The van der Waals surface area contributed by atoms with Crippen LogP contribution in [0.1, 0.15) is 47.2 Å². The first kappa shape index (κ1) is 19.3. The molecule has 3 aromatic rings. The zero-order chi connectivity index (χ0) is 20.5. The summed E-state index contributed by atoms with van der Waals surface area (Å²) in [5, 5.41) is 1.92. The molecule has 1 atom stereocenters. The van der Waals surface area contributed by atoms with Crippen LogP contribution in [0.2, 0.25) is 0 Å². The van der Waals surface area contributed by atoms with Crippen molar-refractivity contribution >= 4 is 34.3 Å². The molecule has 2 fully saturated rings. The Morgan fingerprint density at radius 1 is 1.00 bits per heavy atom. The summed E-state index contributed by atoms with van der Waals surface area (Å²) in [5.41, 5.74) is 1.72. The fourth-order valence-corrected chi connectivity index (χ4v) is 5.28. The normalized spacial score (nSPS) is 20.6. The molecule has 2 saturated heterocycles. The molecule has 0 saturated carbocycles. The SMILES string of the molecule is O=C(c1cccs1)N1CCC[C@@H](C(=O)N2CCC(c3nc4ccccc4o3)CC2)C1. The van der Waals surface area contributed by atoms with E-state index in [9.17, 15) is 9.59 Å². The number of rotatable bonds is 3. The maximum atomic E-state index is 13.1. The van der Waals surface area contributed by atoms with Crippen LogP contribution in [-0.2, 0) is 4.79 Å². The molecule has 2 aromatic heterocycles. The first-order chi connectivity index (χ1) is 14.7. The number of carbonyl (C=O) groups is 2. The van der Waals surface area contributed by atoms with E-state index in [2.05, 4.69) is 4.98 Å². The average molecular weight is 424 g/mol. The second kappa shape index (κ2) is 8.22. The molecule has 2 aliphatic heterocycles. The van der Waals surface area contributed by atoms with Crippen molar-refractivity contribution in [3.63, 3.8) is 0 Å². The van der Waals surface area contributed by atoms with Crippen LogP contribution < -0.4 is 0 Å². The second-order valence-electron chi connectivity index (χ2n) is 8.19. The van der Waals surface area contributed by atoms with Gasteiger partial charge in [-0.25, -0.2) is 4.98 Å². The van der Waals surface area contributed by atoms with Crippen LogP contribution in [0.3, 0.4) is 0 Å². The summed E-state index contributed by atoms with van der Waals surface area (Å²) >= 11 is 1.46. The van der Waals surface area contributed by atoms with Gasteiger partial charge in [0, 0.05) is 32.1 Å². The van der Waals surface area contributed by atoms with E-state index in [1.54, 1.807) is 0 Å². The smallest absolute Gasteiger partial charge is 0.263 e. The lowest BCUT2D eigenvalue weighted by Crippen LogP contribution is -2.48. The van der Waals surface area contributed by atoms with Crippen molar-refractivity contribution in [3.05, 3.63) is 52.5 Å². The fourth-order valence-electron chi connectivity index (χ4n) is 4.59. The summed E-state index contributed by atoms with van der Waals surface area (Å²) in [6, 6.07) is 11.6. The van der Waals surface area contributed by atoms with Crippen molar-refractivity contribution in [1.82, 2.24) is 14.8 Å². The highest BCUT2D eigenvalue weighted by atomic mass is 32.1. The summed E-state index contributed by atoms with van der Waals surface area (Å²) in [6.07, 6.45) is 3.47. The van der Waals surface area contributed by atoms with E-state index < -0.39 is 0 Å². The molecule has 0 unspecified atom stereocenters. The van der Waals surface area contributed by atoms with E-state index in [-0.39, 0.29) is 23.7 Å². The number of amides is 2. The number of carbonyl (C=O) groups excluding carboxylic acids is 2. The van der Waals surface area contributed by atoms with Crippen molar-refractivity contribution in [2.45, 2.75) is 31.6 Å². The van der Waals surface area contributed by atoms with Crippen LogP contribution in [0, 0.1) is 5.92 Å². The Hall–Kier alpha value is -2.67. The van der Waals surface area contributed by atoms with Gasteiger partial charge < -0.3 is 14.2 Å². The van der Waals surface area contributed by atoms with E-state index in [1.165, 1.54) is 11.3 Å². The van der Waals surface area contributed by atoms with Gasteiger partial charge in [0.05, 0.1) is 10.8 Å². The van der Waals surface area contributed by atoms with Gasteiger partial charge in [0.15, 0.2) is 11.5 Å². The molecular formula is C23H25N3O3S. The van der Waals surface area contributed by atoms with Crippen LogP contribution >= 0.6 is 11.3 Å². The van der Waals surface area contributed by atoms with E-state index in [0.29, 0.717) is 6.54 Å². The monoisotopic (exact) mass is 423 g/mol. The number of para-hydroxylation sites is 2. The highest BCUT2D eigenvalue weighted by Gasteiger charge is 2.34. The van der Waals surface area contributed by atoms with E-state index in [4.69, 9.17) is 4.42 Å². The van der Waals surface area contributed by atoms with Crippen LogP contribution in [0.4, 0.5) is 0 Å². The van der Waals surface area contributed by atoms with Gasteiger partial charge in [0.25, 0.3) is 5.91 Å². The first-order valence-electron chi connectivity index (χ1n) is 10.7. The van der Waals surface area contributed by atoms with E-state index >= 15 is 0 Å². The number of piperidine rings is 2. The van der Waals surface area contributed by atoms with Gasteiger partial charge >= 0.3 is 0 Å². The molecule has 1 aromatic carbocycles. The molecular weight excluding hydrogens is 398 g/mol. The molecule has 2 amide bonds. The van der Waals surface area contributed by atoms with Crippen LogP contribution in [0.5, 0.6) is 0 Å². The lowest BCUT2D eigenvalue weighted by Gasteiger charge is -2.37. The number of thiophene rings is 1. The lowest BCUT2D eigenvalue weighted by molar-refractivity contribution is -0.138. The Kier molecular flexibility index (Phi) is 5.29. The number of oxazole rings is 1. The first-order valence-corrected chi connectivity index (χ1v) is 11.5. The Morgan fingerprint density at radius 3 is 2.60 bits per heavy atom. The molecule has 30 heavy (non-hydrogen) atoms. The molecule has 4 heterocycles. The summed E-state index contributed by atoms with van der Waals surface area (Å²) in [6.45, 7) is 2.70. The third-order valence-corrected chi connectivity index (χ3v) is 7.11. The number of hydrogen-bond acceptors (Lipinski definition) is 5. The largest absolute Gasteiger partial charge is 0.440 e. The number of aromatic nitrogens is 1. The number of hydrogen-bond donors (Lipinski definition) is 0. The molecule has 0 bridgehead atoms. The molecule has 0 radical (unpaired) electrons. The number of nitrogens with zero attached hydrogens (tertiary/aromatic N) is 3. The van der Waals surface area contributed by atoms with Gasteiger partial charge in [-0.05, 0) is 49.3 Å². The minimum absolute atomic E-state index is 0.0529. The zero-order valence-electron chi connectivity index (χ0n) is 16.8. The third-order valence-electron chi connectivity index (χ3n) is 6.26. The Balaban J connectivity index is 1.19. The lowest BCUT2D eigenvalue weighted by atomic mass is 9.92. The predicted molar refractivity (Wildman–Crippen MR) is 116 cm³/mol. The second-order valence-corrected chi connectivity index (χ2v) is 9.13. The highest BCUT2D eigenvalue weighted by molar-refractivity contribution is 7.12. The summed E-state index contributed by atoms with van der Waals surface area (Å²) in [4.78, 5) is 35.0. The molecule has 156 valence electrons. The number of likely N-dealkylation sites (tertiary alicyclic amines) is 2. The van der Waals surface area contributed by atoms with Crippen molar-refractivity contribution in [2.75, 3.05) is 26.2 Å². The van der Waals surface area contributed by atoms with Gasteiger partial charge in [0.2, 0.25) is 5.91 Å². The van der Waals surface area contributed by atoms with Gasteiger partial charge in [-0.2, -0.15) is 0 Å². The fraction of sp³-hybridized carbons (Fsp3) is 0.435. The predicted octanol–water partition coefficient (Wildman–Crippen LogP) is 4.15. The highest BCUT2D eigenvalue weighted by Crippen LogP contribution is 2.31. The molecule has 5 rings (SSSR count). The van der Waals surface area contributed by atoms with E-state index in [0.717, 1.165) is 67.2 Å². The van der Waals surface area contributed by atoms with Gasteiger partial charge in [-0.3, -0.25) is 9.59 Å². The standard InChI is InChI=1S/C23H25N3O3S/c27-22(17-5-3-11-26(15-17)23(28)20-8-4-14-30-20)25-12-9-16(10-13-25)21-24-18-6-1-2-7-19(18)29-21/h1-2,4,6-8,14,16-17H,3,5,9-13,15H2/t17-/m1/s1. The quantitative estimate of drug-likeness (QED) is 0.635. The summed E-state index contributed by atoms with van der Waals surface area (Å²) in [7, 11) is 0. The zero-order valence-corrected chi connectivity index (χ0v) is 17.6. The third kappa shape index (κ3) is 3.74. The van der Waals surface area contributed by atoms with E-state index in [1.807, 2.05) is 51.6 Å².